The summed E-state index contributed by atoms with van der Waals surface area (Å²) in [7, 11) is 0. The highest BCUT2D eigenvalue weighted by Crippen LogP contribution is 2.20. The van der Waals surface area contributed by atoms with Crippen LogP contribution >= 0.6 is 0 Å². The number of benzene rings is 2. The second-order valence-electron chi connectivity index (χ2n) is 3.94. The Labute approximate surface area is 115 Å². The average Bonchev–Trinajstić information content (AvgIpc) is 2.45. The van der Waals surface area contributed by atoms with Crippen LogP contribution in [0.5, 0.6) is 5.75 Å². The Bertz CT molecular complexity index is 637. The van der Waals surface area contributed by atoms with Crippen LogP contribution in [0.2, 0.25) is 0 Å². The highest BCUT2D eigenvalue weighted by Gasteiger charge is 2.09. The standard InChI is InChI=1S/C16H12F2O2/c17-14-7-3-8-15(18)13(14)11-20-16-9-2-1-5-12(16)6-4-10-19/h1-3,5,7-9,19H,10-11H2. The number of rotatable bonds is 3. The molecule has 0 spiro atoms. The molecule has 0 saturated heterocycles. The fraction of sp³-hybridized carbons (Fsp3) is 0.125. The maximum atomic E-state index is 13.5. The molecule has 102 valence electrons. The summed E-state index contributed by atoms with van der Waals surface area (Å²) in [5.41, 5.74) is 0.427. The summed E-state index contributed by atoms with van der Waals surface area (Å²) in [4.78, 5) is 0. The van der Waals surface area contributed by atoms with E-state index in [-0.39, 0.29) is 18.8 Å². The highest BCUT2D eigenvalue weighted by atomic mass is 19.1. The van der Waals surface area contributed by atoms with Gasteiger partial charge >= 0.3 is 0 Å². The molecule has 0 bridgehead atoms. The first-order chi connectivity index (χ1) is 9.72. The lowest BCUT2D eigenvalue weighted by Gasteiger charge is -2.09. The Balaban J connectivity index is 2.19. The van der Waals surface area contributed by atoms with Gasteiger partial charge in [-0.25, -0.2) is 8.78 Å². The normalized spacial score (nSPS) is 9.75. The number of para-hydroxylation sites is 1. The molecule has 0 aliphatic heterocycles. The van der Waals surface area contributed by atoms with Crippen LogP contribution in [0.4, 0.5) is 8.78 Å². The van der Waals surface area contributed by atoms with Gasteiger partial charge in [0.1, 0.15) is 30.6 Å². The van der Waals surface area contributed by atoms with E-state index in [1.54, 1.807) is 24.3 Å². The molecule has 0 aliphatic carbocycles. The van der Waals surface area contributed by atoms with Crippen LogP contribution in [-0.2, 0) is 6.61 Å². The molecule has 2 nitrogen and oxygen atoms in total. The molecule has 0 radical (unpaired) electrons. The van der Waals surface area contributed by atoms with E-state index in [1.807, 2.05) is 0 Å². The van der Waals surface area contributed by atoms with Crippen LogP contribution in [0.1, 0.15) is 11.1 Å². The minimum absolute atomic E-state index is 0.127. The third-order valence-electron chi connectivity index (χ3n) is 2.62. The van der Waals surface area contributed by atoms with Gasteiger partial charge in [0, 0.05) is 0 Å². The molecule has 0 amide bonds. The Hall–Kier alpha value is -2.38. The Morgan fingerprint density at radius 2 is 1.70 bits per heavy atom. The minimum atomic E-state index is -0.649. The van der Waals surface area contributed by atoms with Gasteiger partial charge in [0.15, 0.2) is 0 Å². The van der Waals surface area contributed by atoms with Crippen molar-refractivity contribution in [2.45, 2.75) is 6.61 Å². The molecule has 0 saturated carbocycles. The van der Waals surface area contributed by atoms with E-state index in [9.17, 15) is 8.78 Å². The van der Waals surface area contributed by atoms with E-state index >= 15 is 0 Å². The zero-order valence-corrected chi connectivity index (χ0v) is 10.6. The summed E-state index contributed by atoms with van der Waals surface area (Å²) < 4.78 is 32.4. The quantitative estimate of drug-likeness (QED) is 0.872. The Kier molecular flexibility index (Phi) is 4.70. The van der Waals surface area contributed by atoms with E-state index in [2.05, 4.69) is 11.8 Å². The molecule has 0 unspecified atom stereocenters. The number of aliphatic hydroxyl groups excluding tert-OH is 1. The molecule has 2 aromatic rings. The molecule has 0 aromatic heterocycles. The summed E-state index contributed by atoms with van der Waals surface area (Å²) in [6, 6.07) is 10.5. The first-order valence-electron chi connectivity index (χ1n) is 5.97. The van der Waals surface area contributed by atoms with E-state index in [0.29, 0.717) is 11.3 Å². The highest BCUT2D eigenvalue weighted by molar-refractivity contribution is 5.46. The van der Waals surface area contributed by atoms with Crippen molar-refractivity contribution in [1.29, 1.82) is 0 Å². The maximum absolute atomic E-state index is 13.5. The van der Waals surface area contributed by atoms with Crippen LogP contribution in [0.25, 0.3) is 0 Å². The molecule has 20 heavy (non-hydrogen) atoms. The van der Waals surface area contributed by atoms with Crippen molar-refractivity contribution in [2.75, 3.05) is 6.61 Å². The fourth-order valence-electron chi connectivity index (χ4n) is 1.65. The molecule has 2 rings (SSSR count). The largest absolute Gasteiger partial charge is 0.487 e. The van der Waals surface area contributed by atoms with Gasteiger partial charge in [-0.1, -0.05) is 30.0 Å². The molecule has 2 aromatic carbocycles. The zero-order chi connectivity index (χ0) is 14.4. The maximum Gasteiger partial charge on any atom is 0.135 e. The first kappa shape index (κ1) is 14.0. The number of hydrogen-bond acceptors (Lipinski definition) is 2. The number of halogens is 2. The van der Waals surface area contributed by atoms with Crippen LogP contribution in [-0.4, -0.2) is 11.7 Å². The van der Waals surface area contributed by atoms with Gasteiger partial charge in [0.05, 0.1) is 11.1 Å². The third kappa shape index (κ3) is 3.34. The molecular formula is C16H12F2O2. The van der Waals surface area contributed by atoms with E-state index < -0.39 is 11.6 Å². The van der Waals surface area contributed by atoms with Crippen molar-refractivity contribution in [2.24, 2.45) is 0 Å². The van der Waals surface area contributed by atoms with Crippen molar-refractivity contribution in [1.82, 2.24) is 0 Å². The lowest BCUT2D eigenvalue weighted by molar-refractivity contribution is 0.292. The number of hydrogen-bond donors (Lipinski definition) is 1. The third-order valence-corrected chi connectivity index (χ3v) is 2.62. The monoisotopic (exact) mass is 274 g/mol. The Morgan fingerprint density at radius 1 is 1.00 bits per heavy atom. The fourth-order valence-corrected chi connectivity index (χ4v) is 1.65. The van der Waals surface area contributed by atoms with E-state index in [0.717, 1.165) is 0 Å². The molecule has 0 fully saturated rings. The van der Waals surface area contributed by atoms with E-state index in [1.165, 1.54) is 18.2 Å². The van der Waals surface area contributed by atoms with Crippen molar-refractivity contribution >= 4 is 0 Å². The van der Waals surface area contributed by atoms with Gasteiger partial charge in [-0.15, -0.1) is 0 Å². The number of aliphatic hydroxyl groups is 1. The van der Waals surface area contributed by atoms with Crippen molar-refractivity contribution in [3.63, 3.8) is 0 Å². The second kappa shape index (κ2) is 6.69. The van der Waals surface area contributed by atoms with Crippen LogP contribution in [0.3, 0.4) is 0 Å². The SMILES string of the molecule is OCC#Cc1ccccc1OCc1c(F)cccc1F. The smallest absolute Gasteiger partial charge is 0.135 e. The van der Waals surface area contributed by atoms with Gasteiger partial charge in [0.25, 0.3) is 0 Å². The minimum Gasteiger partial charge on any atom is -0.487 e. The van der Waals surface area contributed by atoms with Gasteiger partial charge in [0.2, 0.25) is 0 Å². The van der Waals surface area contributed by atoms with Crippen molar-refractivity contribution in [3.05, 3.63) is 65.2 Å². The van der Waals surface area contributed by atoms with Crippen molar-refractivity contribution < 1.29 is 18.6 Å². The Morgan fingerprint density at radius 3 is 2.40 bits per heavy atom. The summed E-state index contributed by atoms with van der Waals surface area (Å²) in [5.74, 6) is 4.33. The van der Waals surface area contributed by atoms with Crippen molar-refractivity contribution in [3.8, 4) is 17.6 Å². The average molecular weight is 274 g/mol. The second-order valence-corrected chi connectivity index (χ2v) is 3.94. The van der Waals surface area contributed by atoms with Gasteiger partial charge in [-0.2, -0.15) is 0 Å². The lowest BCUT2D eigenvalue weighted by Crippen LogP contribution is -2.02. The molecule has 0 aliphatic rings. The van der Waals surface area contributed by atoms with Gasteiger partial charge in [-0.3, -0.25) is 0 Å². The summed E-state index contributed by atoms with van der Waals surface area (Å²) in [5, 5.41) is 8.69. The summed E-state index contributed by atoms with van der Waals surface area (Å²) in [6.07, 6.45) is 0. The molecular weight excluding hydrogens is 262 g/mol. The number of ether oxygens (including phenoxy) is 1. The van der Waals surface area contributed by atoms with E-state index in [4.69, 9.17) is 9.84 Å². The predicted molar refractivity (Wildman–Crippen MR) is 71.1 cm³/mol. The first-order valence-corrected chi connectivity index (χ1v) is 5.97. The van der Waals surface area contributed by atoms with Gasteiger partial charge < -0.3 is 9.84 Å². The molecule has 0 atom stereocenters. The van der Waals surface area contributed by atoms with Crippen LogP contribution in [0.15, 0.2) is 42.5 Å². The predicted octanol–water partition coefficient (Wildman–Crippen LogP) is 2.89. The lowest BCUT2D eigenvalue weighted by atomic mass is 10.2. The van der Waals surface area contributed by atoms with Crippen LogP contribution in [0, 0.1) is 23.5 Å². The summed E-state index contributed by atoms with van der Waals surface area (Å²) >= 11 is 0. The molecule has 4 heteroatoms. The topological polar surface area (TPSA) is 29.5 Å². The molecule has 0 heterocycles. The van der Waals surface area contributed by atoms with Crippen LogP contribution < -0.4 is 4.74 Å². The molecule has 1 N–H and O–H groups in total. The zero-order valence-electron chi connectivity index (χ0n) is 10.6. The van der Waals surface area contributed by atoms with Gasteiger partial charge in [-0.05, 0) is 24.3 Å². The summed E-state index contributed by atoms with van der Waals surface area (Å²) in [6.45, 7) is -0.493.